The van der Waals surface area contributed by atoms with Crippen molar-refractivity contribution in [2.75, 3.05) is 7.11 Å². The smallest absolute Gasteiger partial charge is 0.240 e. The van der Waals surface area contributed by atoms with Crippen molar-refractivity contribution in [1.29, 1.82) is 0 Å². The Morgan fingerprint density at radius 1 is 1.29 bits per heavy atom. The fraction of sp³-hybridized carbons (Fsp3) is 0.333. The number of hydrogen-bond acceptors (Lipinski definition) is 3. The molecule has 1 aromatic carbocycles. The SMILES string of the molecule is COc1cccc2c1ccn2CC(=O)NCc1c(C)nn(C)c1C. The number of carbonyl (C=O) groups excluding carboxylic acids is 1. The lowest BCUT2D eigenvalue weighted by Crippen LogP contribution is -2.27. The number of nitrogens with zero attached hydrogens (tertiary/aromatic N) is 3. The molecule has 3 rings (SSSR count). The first-order valence-corrected chi connectivity index (χ1v) is 7.89. The lowest BCUT2D eigenvalue weighted by Gasteiger charge is -2.09. The number of rotatable bonds is 5. The largest absolute Gasteiger partial charge is 0.496 e. The van der Waals surface area contributed by atoms with E-state index in [4.69, 9.17) is 4.74 Å². The zero-order valence-electron chi connectivity index (χ0n) is 14.5. The summed E-state index contributed by atoms with van der Waals surface area (Å²) in [5.41, 5.74) is 4.08. The van der Waals surface area contributed by atoms with Gasteiger partial charge >= 0.3 is 0 Å². The molecule has 1 amide bonds. The van der Waals surface area contributed by atoms with E-state index in [1.807, 2.05) is 60.6 Å². The van der Waals surface area contributed by atoms with Gasteiger partial charge in [0.05, 0.1) is 18.3 Å². The van der Waals surface area contributed by atoms with Crippen molar-refractivity contribution in [2.45, 2.75) is 26.9 Å². The van der Waals surface area contributed by atoms with Crippen LogP contribution in [0.5, 0.6) is 5.75 Å². The Balaban J connectivity index is 1.71. The lowest BCUT2D eigenvalue weighted by atomic mass is 10.2. The predicted octanol–water partition coefficient (Wildman–Crippen LogP) is 2.32. The van der Waals surface area contributed by atoms with Crippen LogP contribution in [0.15, 0.2) is 30.5 Å². The van der Waals surface area contributed by atoms with E-state index in [0.717, 1.165) is 33.6 Å². The van der Waals surface area contributed by atoms with Crippen LogP contribution in [-0.4, -0.2) is 27.4 Å². The summed E-state index contributed by atoms with van der Waals surface area (Å²) in [5.74, 6) is 0.784. The van der Waals surface area contributed by atoms with Gasteiger partial charge in [0.25, 0.3) is 0 Å². The molecule has 0 spiro atoms. The Hall–Kier alpha value is -2.76. The zero-order valence-corrected chi connectivity index (χ0v) is 14.5. The van der Waals surface area contributed by atoms with Crippen molar-refractivity contribution in [2.24, 2.45) is 7.05 Å². The highest BCUT2D eigenvalue weighted by atomic mass is 16.5. The van der Waals surface area contributed by atoms with Crippen molar-refractivity contribution in [3.8, 4) is 5.75 Å². The predicted molar refractivity (Wildman–Crippen MR) is 93.0 cm³/mol. The maximum absolute atomic E-state index is 12.3. The Morgan fingerprint density at radius 3 is 2.75 bits per heavy atom. The average Bonchev–Trinajstić information content (AvgIpc) is 3.07. The van der Waals surface area contributed by atoms with Crippen LogP contribution in [0.4, 0.5) is 0 Å². The van der Waals surface area contributed by atoms with E-state index >= 15 is 0 Å². The summed E-state index contributed by atoms with van der Waals surface area (Å²) in [7, 11) is 3.56. The molecule has 0 bridgehead atoms. The third-order valence-corrected chi connectivity index (χ3v) is 4.43. The summed E-state index contributed by atoms with van der Waals surface area (Å²) in [6.07, 6.45) is 1.91. The molecule has 2 heterocycles. The van der Waals surface area contributed by atoms with Crippen molar-refractivity contribution in [1.82, 2.24) is 19.7 Å². The van der Waals surface area contributed by atoms with Gasteiger partial charge in [-0.05, 0) is 32.0 Å². The lowest BCUT2D eigenvalue weighted by molar-refractivity contribution is -0.121. The summed E-state index contributed by atoms with van der Waals surface area (Å²) < 4.78 is 9.12. The summed E-state index contributed by atoms with van der Waals surface area (Å²) in [6.45, 7) is 4.73. The molecule has 0 aliphatic heterocycles. The van der Waals surface area contributed by atoms with Gasteiger partial charge in [-0.1, -0.05) is 6.07 Å². The summed E-state index contributed by atoms with van der Waals surface area (Å²) in [4.78, 5) is 12.3. The molecule has 1 N–H and O–H groups in total. The van der Waals surface area contributed by atoms with Gasteiger partial charge in [-0.15, -0.1) is 0 Å². The summed E-state index contributed by atoms with van der Waals surface area (Å²) in [6, 6.07) is 7.80. The Bertz CT molecular complexity index is 892. The molecule has 0 saturated heterocycles. The molecule has 0 saturated carbocycles. The quantitative estimate of drug-likeness (QED) is 0.783. The van der Waals surface area contributed by atoms with Crippen molar-refractivity contribution >= 4 is 16.8 Å². The van der Waals surface area contributed by atoms with E-state index < -0.39 is 0 Å². The van der Waals surface area contributed by atoms with E-state index in [0.29, 0.717) is 6.54 Å². The number of amides is 1. The van der Waals surface area contributed by atoms with Gasteiger partial charge in [0, 0.05) is 36.4 Å². The number of nitrogens with one attached hydrogen (secondary N) is 1. The number of hydrogen-bond donors (Lipinski definition) is 1. The Labute approximate surface area is 141 Å². The number of carbonyl (C=O) groups is 1. The van der Waals surface area contributed by atoms with Crippen LogP contribution in [-0.2, 0) is 24.9 Å². The number of aryl methyl sites for hydroxylation is 2. The van der Waals surface area contributed by atoms with Gasteiger partial charge in [0.2, 0.25) is 5.91 Å². The van der Waals surface area contributed by atoms with E-state index in [-0.39, 0.29) is 12.5 Å². The monoisotopic (exact) mass is 326 g/mol. The summed E-state index contributed by atoms with van der Waals surface area (Å²) >= 11 is 0. The maximum atomic E-state index is 12.3. The molecule has 6 nitrogen and oxygen atoms in total. The van der Waals surface area contributed by atoms with Crippen LogP contribution in [0.25, 0.3) is 10.9 Å². The highest BCUT2D eigenvalue weighted by Crippen LogP contribution is 2.26. The van der Waals surface area contributed by atoms with Crippen LogP contribution >= 0.6 is 0 Å². The normalized spacial score (nSPS) is 11.0. The van der Waals surface area contributed by atoms with Gasteiger partial charge in [-0.3, -0.25) is 9.48 Å². The average molecular weight is 326 g/mol. The number of fused-ring (bicyclic) bond motifs is 1. The first-order valence-electron chi connectivity index (χ1n) is 7.89. The molecule has 0 atom stereocenters. The maximum Gasteiger partial charge on any atom is 0.240 e. The second-order valence-corrected chi connectivity index (χ2v) is 5.89. The molecule has 3 aromatic rings. The zero-order chi connectivity index (χ0) is 17.3. The molecule has 0 radical (unpaired) electrons. The second kappa shape index (κ2) is 6.39. The molecule has 24 heavy (non-hydrogen) atoms. The molecule has 0 fully saturated rings. The van der Waals surface area contributed by atoms with E-state index in [2.05, 4.69) is 10.4 Å². The van der Waals surface area contributed by atoms with Crippen LogP contribution in [0, 0.1) is 13.8 Å². The minimum atomic E-state index is -0.0297. The molecule has 0 unspecified atom stereocenters. The highest BCUT2D eigenvalue weighted by molar-refractivity contribution is 5.88. The Kier molecular flexibility index (Phi) is 4.29. The van der Waals surface area contributed by atoms with Crippen molar-refractivity contribution in [3.63, 3.8) is 0 Å². The van der Waals surface area contributed by atoms with Crippen LogP contribution < -0.4 is 10.1 Å². The van der Waals surface area contributed by atoms with Gasteiger partial charge in [-0.2, -0.15) is 5.10 Å². The van der Waals surface area contributed by atoms with Crippen LogP contribution in [0.1, 0.15) is 17.0 Å². The molecule has 6 heteroatoms. The standard InChI is InChI=1S/C18H22N4O2/c1-12-15(13(2)21(3)20-12)10-19-18(23)11-22-9-8-14-16(22)6-5-7-17(14)24-4/h5-9H,10-11H2,1-4H3,(H,19,23). The van der Waals surface area contributed by atoms with Crippen LogP contribution in [0.2, 0.25) is 0 Å². The molecule has 126 valence electrons. The first kappa shape index (κ1) is 16.1. The number of benzene rings is 1. The van der Waals surface area contributed by atoms with Crippen LogP contribution in [0.3, 0.4) is 0 Å². The van der Waals surface area contributed by atoms with E-state index in [1.165, 1.54) is 0 Å². The molecule has 0 aliphatic carbocycles. The fourth-order valence-corrected chi connectivity index (χ4v) is 2.98. The summed E-state index contributed by atoms with van der Waals surface area (Å²) in [5, 5.41) is 8.36. The van der Waals surface area contributed by atoms with Gasteiger partial charge in [0.15, 0.2) is 0 Å². The minimum absolute atomic E-state index is 0.0297. The third-order valence-electron chi connectivity index (χ3n) is 4.43. The number of aromatic nitrogens is 3. The third kappa shape index (κ3) is 2.87. The second-order valence-electron chi connectivity index (χ2n) is 5.89. The first-order chi connectivity index (χ1) is 11.5. The van der Waals surface area contributed by atoms with Gasteiger partial charge in [0.1, 0.15) is 12.3 Å². The molecule has 0 aliphatic rings. The van der Waals surface area contributed by atoms with E-state index in [1.54, 1.807) is 7.11 Å². The molecular weight excluding hydrogens is 304 g/mol. The van der Waals surface area contributed by atoms with Gasteiger partial charge < -0.3 is 14.6 Å². The highest BCUT2D eigenvalue weighted by Gasteiger charge is 2.12. The van der Waals surface area contributed by atoms with Crippen molar-refractivity contribution < 1.29 is 9.53 Å². The topological polar surface area (TPSA) is 61.1 Å². The number of ether oxygens (including phenoxy) is 1. The number of methoxy groups -OCH3 is 1. The van der Waals surface area contributed by atoms with Gasteiger partial charge in [-0.25, -0.2) is 0 Å². The Morgan fingerprint density at radius 2 is 2.08 bits per heavy atom. The fourth-order valence-electron chi connectivity index (χ4n) is 2.98. The van der Waals surface area contributed by atoms with E-state index in [9.17, 15) is 4.79 Å². The van der Waals surface area contributed by atoms with Crippen molar-refractivity contribution in [3.05, 3.63) is 47.4 Å². The minimum Gasteiger partial charge on any atom is -0.496 e. The molecule has 2 aromatic heterocycles. The molecular formula is C18H22N4O2.